The molecule has 0 aliphatic carbocycles. The zero-order valence-corrected chi connectivity index (χ0v) is 14.4. The summed E-state index contributed by atoms with van der Waals surface area (Å²) in [6.07, 6.45) is -1.27. The molecular weight excluding hydrogens is 297 g/mol. The molecule has 0 fully saturated rings. The quantitative estimate of drug-likeness (QED) is 0.444. The number of rotatable bonds is 7. The van der Waals surface area contributed by atoms with Gasteiger partial charge in [-0.15, -0.1) is 12.2 Å². The van der Waals surface area contributed by atoms with Gasteiger partial charge in [0.2, 0.25) is 0 Å². The van der Waals surface area contributed by atoms with Gasteiger partial charge >= 0.3 is 29.6 Å². The summed E-state index contributed by atoms with van der Waals surface area (Å²) in [6.45, 7) is -0.157. The topological polar surface area (TPSA) is 107 Å². The second-order valence-electron chi connectivity index (χ2n) is 3.81. The normalized spacial score (nSPS) is 12.2. The number of nitrogens with zero attached hydrogens (tertiary/aromatic N) is 1. The minimum absolute atomic E-state index is 0. The van der Waals surface area contributed by atoms with Crippen molar-refractivity contribution in [2.45, 2.75) is 6.10 Å². The van der Waals surface area contributed by atoms with E-state index in [1.54, 1.807) is 18.2 Å². The third-order valence-corrected chi connectivity index (χ3v) is 3.03. The number of hydrogen-bond acceptors (Lipinski definition) is 5. The zero-order chi connectivity index (χ0) is 14.5. The molecule has 0 aliphatic heterocycles. The van der Waals surface area contributed by atoms with Crippen molar-refractivity contribution in [3.63, 3.8) is 0 Å². The number of ether oxygens (including phenoxy) is 2. The van der Waals surface area contributed by atoms with Gasteiger partial charge in [0.15, 0.2) is 0 Å². The van der Waals surface area contributed by atoms with Gasteiger partial charge in [0.25, 0.3) is 10.1 Å². The van der Waals surface area contributed by atoms with Crippen LogP contribution in [0.15, 0.2) is 18.2 Å². The first-order chi connectivity index (χ1) is 8.84. The molecule has 1 aromatic carbocycles. The summed E-state index contributed by atoms with van der Waals surface area (Å²) in [5, 5.41) is 13.4. The molecule has 20 heavy (non-hydrogen) atoms. The van der Waals surface area contributed by atoms with Gasteiger partial charge in [-0.3, -0.25) is 4.55 Å². The Labute approximate surface area is 140 Å². The Bertz CT molecular complexity index is 499. The first kappa shape index (κ1) is 19.5. The van der Waals surface area contributed by atoms with Crippen molar-refractivity contribution in [1.29, 1.82) is 0 Å². The summed E-state index contributed by atoms with van der Waals surface area (Å²) in [5.41, 5.74) is 0.477. The molecule has 0 aromatic heterocycles. The molecule has 0 saturated carbocycles. The van der Waals surface area contributed by atoms with Crippen molar-refractivity contribution in [3.8, 4) is 11.5 Å². The van der Waals surface area contributed by atoms with Crippen molar-refractivity contribution < 1.29 is 57.1 Å². The van der Waals surface area contributed by atoms with Crippen LogP contribution >= 0.6 is 0 Å². The Balaban J connectivity index is 0.00000361. The van der Waals surface area contributed by atoms with E-state index in [9.17, 15) is 13.5 Å². The third-order valence-electron chi connectivity index (χ3n) is 2.22. The maximum Gasteiger partial charge on any atom is 1.00 e. The maximum atomic E-state index is 10.6. The van der Waals surface area contributed by atoms with E-state index in [0.29, 0.717) is 17.2 Å². The molecule has 1 aromatic rings. The molecule has 9 heteroatoms. The number of aliphatic hydroxyl groups is 1. The minimum Gasteiger partial charge on any atom is -0.682 e. The molecule has 1 atom stereocenters. The molecule has 0 heterocycles. The number of benzene rings is 1. The van der Waals surface area contributed by atoms with Gasteiger partial charge in [-0.1, -0.05) is 0 Å². The van der Waals surface area contributed by atoms with E-state index in [4.69, 9.17) is 14.0 Å². The second-order valence-corrected chi connectivity index (χ2v) is 5.31. The van der Waals surface area contributed by atoms with E-state index < -0.39 is 22.0 Å². The molecular formula is C11H16NNaO6S. The molecule has 0 aliphatic rings. The van der Waals surface area contributed by atoms with Crippen LogP contribution in [-0.4, -0.2) is 50.7 Å². The summed E-state index contributed by atoms with van der Waals surface area (Å²) in [4.78, 5) is 0. The van der Waals surface area contributed by atoms with Crippen LogP contribution in [0.3, 0.4) is 0 Å². The molecule has 0 bridgehead atoms. The summed E-state index contributed by atoms with van der Waals surface area (Å²) in [6, 6.07) is 4.89. The standard InChI is InChI=1S/C11H16NO6S.Na/c1-17-10-3-8(4-11(5-10)18-2)12-6-9(13)7-19(14,15)16;/h3-5,9,13H,6-7H2,1-2H3,(H,14,15,16);/q-1;+1. The van der Waals surface area contributed by atoms with Crippen molar-refractivity contribution >= 4 is 15.8 Å². The molecule has 7 nitrogen and oxygen atoms in total. The fourth-order valence-corrected chi connectivity index (χ4v) is 1.98. The molecule has 0 amide bonds. The van der Waals surface area contributed by atoms with E-state index in [-0.39, 0.29) is 36.1 Å². The number of methoxy groups -OCH3 is 2. The van der Waals surface area contributed by atoms with Gasteiger partial charge < -0.3 is 19.9 Å². The fourth-order valence-electron chi connectivity index (χ4n) is 1.39. The molecule has 0 saturated heterocycles. The number of aliphatic hydroxyl groups excluding tert-OH is 1. The monoisotopic (exact) mass is 313 g/mol. The Morgan fingerprint density at radius 3 is 2.10 bits per heavy atom. The van der Waals surface area contributed by atoms with Gasteiger partial charge in [0.1, 0.15) is 11.5 Å². The van der Waals surface area contributed by atoms with Crippen LogP contribution in [0.25, 0.3) is 5.32 Å². The van der Waals surface area contributed by atoms with Gasteiger partial charge in [0.05, 0.1) is 26.1 Å². The van der Waals surface area contributed by atoms with Crippen LogP contribution in [0, 0.1) is 0 Å². The molecule has 108 valence electrons. The molecule has 0 spiro atoms. The van der Waals surface area contributed by atoms with Crippen LogP contribution in [0.2, 0.25) is 0 Å². The van der Waals surface area contributed by atoms with Crippen LogP contribution in [-0.2, 0) is 10.1 Å². The average Bonchev–Trinajstić information content (AvgIpc) is 2.33. The second kappa shape index (κ2) is 8.71. The first-order valence-corrected chi connectivity index (χ1v) is 6.99. The Hall–Kier alpha value is -0.510. The maximum absolute atomic E-state index is 10.6. The van der Waals surface area contributed by atoms with Crippen molar-refractivity contribution in [3.05, 3.63) is 23.5 Å². The summed E-state index contributed by atoms with van der Waals surface area (Å²) >= 11 is 0. The van der Waals surface area contributed by atoms with E-state index in [1.165, 1.54) is 14.2 Å². The van der Waals surface area contributed by atoms with Crippen LogP contribution in [0.4, 0.5) is 5.69 Å². The summed E-state index contributed by atoms with van der Waals surface area (Å²) in [7, 11) is -1.23. The van der Waals surface area contributed by atoms with Crippen LogP contribution in [0.5, 0.6) is 11.5 Å². The van der Waals surface area contributed by atoms with Gasteiger partial charge in [-0.2, -0.15) is 8.42 Å². The van der Waals surface area contributed by atoms with Crippen LogP contribution < -0.4 is 39.0 Å². The summed E-state index contributed by atoms with van der Waals surface area (Å²) < 4.78 is 39.8. The van der Waals surface area contributed by atoms with E-state index in [1.807, 2.05) is 0 Å². The van der Waals surface area contributed by atoms with E-state index >= 15 is 0 Å². The third kappa shape index (κ3) is 7.32. The minimum atomic E-state index is -4.21. The van der Waals surface area contributed by atoms with Crippen molar-refractivity contribution in [1.82, 2.24) is 0 Å². The first-order valence-electron chi connectivity index (χ1n) is 5.38. The Morgan fingerprint density at radius 2 is 1.70 bits per heavy atom. The molecule has 1 unspecified atom stereocenters. The summed E-state index contributed by atoms with van der Waals surface area (Å²) in [5.74, 6) is 0.308. The average molecular weight is 313 g/mol. The zero-order valence-electron chi connectivity index (χ0n) is 11.6. The molecule has 0 radical (unpaired) electrons. The molecule has 1 rings (SSSR count). The van der Waals surface area contributed by atoms with Crippen LogP contribution in [0.1, 0.15) is 0 Å². The Morgan fingerprint density at radius 1 is 1.20 bits per heavy atom. The number of hydrogen-bond donors (Lipinski definition) is 2. The van der Waals surface area contributed by atoms with Crippen molar-refractivity contribution in [2.75, 3.05) is 26.5 Å². The smallest absolute Gasteiger partial charge is 0.682 e. The predicted molar refractivity (Wildman–Crippen MR) is 69.9 cm³/mol. The van der Waals surface area contributed by atoms with E-state index in [2.05, 4.69) is 5.32 Å². The fraction of sp³-hybridized carbons (Fsp3) is 0.455. The Kier molecular flexibility index (Phi) is 8.48. The van der Waals surface area contributed by atoms with E-state index in [0.717, 1.165) is 0 Å². The van der Waals surface area contributed by atoms with Gasteiger partial charge in [-0.25, -0.2) is 0 Å². The van der Waals surface area contributed by atoms with Gasteiger partial charge in [-0.05, 0) is 12.1 Å². The predicted octanol–water partition coefficient (Wildman–Crippen LogP) is -2.04. The van der Waals surface area contributed by atoms with Gasteiger partial charge in [0, 0.05) is 6.07 Å². The molecule has 2 N–H and O–H groups in total. The van der Waals surface area contributed by atoms with Crippen molar-refractivity contribution in [2.24, 2.45) is 0 Å². The SMILES string of the molecule is COc1cc([N-]CC(O)CS(=O)(=O)O)cc(OC)c1.[Na+]. The largest absolute Gasteiger partial charge is 1.00 e.